The van der Waals surface area contributed by atoms with Crippen molar-refractivity contribution in [3.05, 3.63) is 392 Å². The lowest BCUT2D eigenvalue weighted by atomic mass is 9.81. The number of aliphatic hydroxyl groups excluding tert-OH is 1. The SMILES string of the molecule is CC(C)CC(c1ccc(O)cc1O)c1ccc(O)cc1O.COc1cccc(CO)c1C(c1ccc(O)cc1O)c1ccc(O)cc1O.O=C(O)c1ccc(C(c2ccc(O)cc2O)c2ccc(O)cc2O)cc1.Oc1ccc(C(c2ccc(O)cc2O)c2ccc3ccccc3c2O)c(O)c1.Oc1ccc(C(c2ccc3ccccc3c2)c2ccc(O)cc2O)c(O)c1. The fraction of sp³-hybridized carbons (Fsp3) is 0.106. The predicted octanol–water partition coefficient (Wildman–Crippen LogP) is 19.7. The number of aromatic hydroxyl groups is 21. The second kappa shape index (κ2) is 40.2. The van der Waals surface area contributed by atoms with Gasteiger partial charge in [-0.1, -0.05) is 178 Å². The third-order valence-electron chi connectivity index (χ3n) is 21.8. The van der Waals surface area contributed by atoms with Crippen molar-refractivity contribution in [2.75, 3.05) is 7.11 Å². The number of phenols is 21. The molecule has 0 aliphatic rings. The van der Waals surface area contributed by atoms with Crippen LogP contribution in [0.2, 0.25) is 0 Å². The van der Waals surface area contributed by atoms with Crippen LogP contribution in [-0.2, 0) is 6.61 Å². The van der Waals surface area contributed by atoms with Gasteiger partial charge in [-0.3, -0.25) is 0 Å². The van der Waals surface area contributed by atoms with Crippen LogP contribution in [0.25, 0.3) is 21.5 Å². The largest absolute Gasteiger partial charge is 0.508 e. The standard InChI is InChI=1S/C23H18O5.C23H18O4.C21H20O6.C20H16O6.C17H20O4/c24-14-6-9-17(20(26)11-14)22(18-10-7-15(25)12-21(18)27)19-8-5-13-3-1-2-4-16(13)23(19)28;24-17-7-9-19(21(26)12-17)23(20-10-8-18(25)13-22(20)27)16-6-5-14-3-1-2-4-15(14)11-16;1-27-19-4-2-3-12(11-22)20(19)21(15-7-5-13(23)9-17(15)25)16-8-6-14(24)10-18(16)26;21-13-5-7-15(17(23)9-13)19(16-8-6-14(22)10-18(16)24)11-1-3-12(4-2-11)20(25)26;1-10(2)7-15(13-5-3-11(18)8-16(13)20)14-6-4-12(19)9-17(14)21/h1-12,22,24-28H;1-13,23-27H;2-10,21-26H,11H2,1H3;1-10,19,21-24H,(H,25,26);3-6,8-10,15,18-21H,7H2,1-2H3. The molecule has 0 heterocycles. The summed E-state index contributed by atoms with van der Waals surface area (Å²) in [5.41, 5.74) is 7.96. The number of carboxylic acids is 1. The van der Waals surface area contributed by atoms with Crippen LogP contribution in [0.5, 0.6) is 126 Å². The van der Waals surface area contributed by atoms with E-state index in [0.717, 1.165) is 28.1 Å². The van der Waals surface area contributed by atoms with E-state index in [4.69, 9.17) is 9.84 Å². The predicted molar refractivity (Wildman–Crippen MR) is 485 cm³/mol. The molecule has 16 rings (SSSR count). The summed E-state index contributed by atoms with van der Waals surface area (Å²) >= 11 is 0. The topological polar surface area (TPSA) is 492 Å². The normalized spacial score (nSPS) is 11.1. The zero-order valence-electron chi connectivity index (χ0n) is 69.3. The number of phenolic OH excluding ortho intramolecular Hbond substituents is 21. The molecule has 0 radical (unpaired) electrons. The quantitative estimate of drug-likeness (QED) is 0.0334. The van der Waals surface area contributed by atoms with Crippen LogP contribution in [0.4, 0.5) is 0 Å². The molecule has 0 bridgehead atoms. The average molecular weight is 1740 g/mol. The molecule has 0 aromatic heterocycles. The molecule has 0 aliphatic heterocycles. The van der Waals surface area contributed by atoms with Crippen LogP contribution < -0.4 is 4.74 Å². The van der Waals surface area contributed by atoms with E-state index in [1.54, 1.807) is 66.7 Å². The number of hydrogen-bond acceptors (Lipinski definition) is 24. The van der Waals surface area contributed by atoms with Gasteiger partial charge >= 0.3 is 5.97 Å². The Labute approximate surface area is 738 Å². The summed E-state index contributed by atoms with van der Waals surface area (Å²) in [4.78, 5) is 11.1. The maximum atomic E-state index is 11.1. The van der Waals surface area contributed by atoms with Gasteiger partial charge in [0.25, 0.3) is 0 Å². The first kappa shape index (κ1) is 91.3. The van der Waals surface area contributed by atoms with Gasteiger partial charge in [0.15, 0.2) is 0 Å². The van der Waals surface area contributed by atoms with E-state index >= 15 is 0 Å². The zero-order chi connectivity index (χ0) is 92.8. The van der Waals surface area contributed by atoms with Crippen molar-refractivity contribution < 1.29 is 127 Å². The lowest BCUT2D eigenvalue weighted by Crippen LogP contribution is -2.09. The zero-order valence-corrected chi connectivity index (χ0v) is 69.3. The average Bonchev–Trinajstić information content (AvgIpc) is 0.764. The van der Waals surface area contributed by atoms with Gasteiger partial charge in [-0.2, -0.15) is 0 Å². The van der Waals surface area contributed by atoms with Gasteiger partial charge in [0.2, 0.25) is 0 Å². The number of carbonyl (C=O) groups is 1. The number of ether oxygens (including phenoxy) is 1. The number of aliphatic hydroxyl groups is 1. The van der Waals surface area contributed by atoms with Gasteiger partial charge in [-0.15, -0.1) is 0 Å². The van der Waals surface area contributed by atoms with Gasteiger partial charge in [0, 0.05) is 162 Å². The van der Waals surface area contributed by atoms with Crippen molar-refractivity contribution in [2.45, 2.75) is 56.5 Å². The third kappa shape index (κ3) is 21.3. The van der Waals surface area contributed by atoms with E-state index in [-0.39, 0.29) is 139 Å². The molecular formula is C104H92O25. The smallest absolute Gasteiger partial charge is 0.335 e. The first-order valence-electron chi connectivity index (χ1n) is 40.2. The Balaban J connectivity index is 0.000000147. The summed E-state index contributed by atoms with van der Waals surface area (Å²) in [6.45, 7) is 3.84. The summed E-state index contributed by atoms with van der Waals surface area (Å²) < 4.78 is 5.47. The Morgan fingerprint density at radius 2 is 0.574 bits per heavy atom. The molecular weight excluding hydrogens is 1650 g/mol. The molecule has 0 saturated heterocycles. The monoisotopic (exact) mass is 1740 g/mol. The van der Waals surface area contributed by atoms with E-state index in [9.17, 15) is 117 Å². The molecule has 0 amide bonds. The highest BCUT2D eigenvalue weighted by Crippen LogP contribution is 2.51. The molecule has 16 aromatic rings. The molecule has 129 heavy (non-hydrogen) atoms. The van der Waals surface area contributed by atoms with E-state index in [1.165, 1.54) is 177 Å². The van der Waals surface area contributed by atoms with E-state index in [1.807, 2.05) is 66.7 Å². The number of hydrogen-bond donors (Lipinski definition) is 23. The van der Waals surface area contributed by atoms with E-state index in [0.29, 0.717) is 94.9 Å². The molecule has 0 saturated carbocycles. The Bertz CT molecular complexity index is 6450. The highest BCUT2D eigenvalue weighted by molar-refractivity contribution is 5.90. The van der Waals surface area contributed by atoms with Crippen molar-refractivity contribution in [1.29, 1.82) is 0 Å². The first-order valence-corrected chi connectivity index (χ1v) is 40.2. The molecule has 0 aliphatic carbocycles. The summed E-state index contributed by atoms with van der Waals surface area (Å²) in [6, 6.07) is 78.7. The maximum absolute atomic E-state index is 11.1. The van der Waals surface area contributed by atoms with Crippen LogP contribution >= 0.6 is 0 Å². The summed E-state index contributed by atoms with van der Waals surface area (Å²) in [5.74, 6) is -4.93. The second-order valence-corrected chi connectivity index (χ2v) is 30.8. The first-order chi connectivity index (χ1) is 61.7. The van der Waals surface area contributed by atoms with Crippen molar-refractivity contribution in [2.24, 2.45) is 5.92 Å². The molecule has 0 unspecified atom stereocenters. The van der Waals surface area contributed by atoms with Gasteiger partial charge < -0.3 is 122 Å². The van der Waals surface area contributed by atoms with Crippen molar-refractivity contribution in [3.8, 4) is 126 Å². The third-order valence-corrected chi connectivity index (χ3v) is 21.8. The minimum absolute atomic E-state index is 0.00512. The van der Waals surface area contributed by atoms with Crippen LogP contribution in [0.15, 0.2) is 303 Å². The molecule has 25 nitrogen and oxygen atoms in total. The van der Waals surface area contributed by atoms with Crippen molar-refractivity contribution >= 4 is 27.5 Å². The van der Waals surface area contributed by atoms with Crippen LogP contribution in [-0.4, -0.2) is 131 Å². The highest BCUT2D eigenvalue weighted by atomic mass is 16.5. The minimum atomic E-state index is -1.06. The molecule has 0 spiro atoms. The van der Waals surface area contributed by atoms with Gasteiger partial charge in [0.1, 0.15) is 126 Å². The van der Waals surface area contributed by atoms with Crippen LogP contribution in [0, 0.1) is 5.92 Å². The molecule has 658 valence electrons. The summed E-state index contributed by atoms with van der Waals surface area (Å²) in [6.07, 6.45) is 0.719. The van der Waals surface area contributed by atoms with Gasteiger partial charge in [-0.25, -0.2) is 4.79 Å². The van der Waals surface area contributed by atoms with Crippen molar-refractivity contribution in [1.82, 2.24) is 0 Å². The number of benzene rings is 16. The lowest BCUT2D eigenvalue weighted by molar-refractivity contribution is 0.0696. The number of carboxylic acid groups (broad SMARTS) is 1. The fourth-order valence-electron chi connectivity index (χ4n) is 15.7. The summed E-state index contributed by atoms with van der Waals surface area (Å²) in [7, 11) is 1.49. The van der Waals surface area contributed by atoms with Crippen LogP contribution in [0.1, 0.15) is 144 Å². The maximum Gasteiger partial charge on any atom is 0.335 e. The van der Waals surface area contributed by atoms with Crippen molar-refractivity contribution in [3.63, 3.8) is 0 Å². The van der Waals surface area contributed by atoms with E-state index in [2.05, 4.69) is 13.8 Å². The second-order valence-electron chi connectivity index (χ2n) is 30.8. The van der Waals surface area contributed by atoms with E-state index < -0.39 is 29.6 Å². The number of methoxy groups -OCH3 is 1. The number of fused-ring (bicyclic) bond motifs is 2. The molecule has 0 fully saturated rings. The highest BCUT2D eigenvalue weighted by Gasteiger charge is 2.32. The van der Waals surface area contributed by atoms with Gasteiger partial charge in [-0.05, 0) is 124 Å². The van der Waals surface area contributed by atoms with Crippen LogP contribution in [0.3, 0.4) is 0 Å². The number of rotatable bonds is 19. The molecule has 16 aromatic carbocycles. The Hall–Kier alpha value is -16.9. The lowest BCUT2D eigenvalue weighted by Gasteiger charge is -2.25. The molecule has 25 heteroatoms. The Morgan fingerprint density at radius 1 is 0.279 bits per heavy atom. The minimum Gasteiger partial charge on any atom is -0.508 e. The molecule has 0 atom stereocenters. The Morgan fingerprint density at radius 3 is 0.907 bits per heavy atom. The fourth-order valence-corrected chi connectivity index (χ4v) is 15.7. The number of aromatic carboxylic acids is 1. The summed E-state index contributed by atoms with van der Waals surface area (Å²) in [5, 5.41) is 233. The van der Waals surface area contributed by atoms with Gasteiger partial charge in [0.05, 0.1) is 19.3 Å². The Kier molecular flexibility index (Phi) is 28.4. The molecule has 23 N–H and O–H groups in total.